The molecule has 0 aliphatic carbocycles. The molecule has 0 saturated carbocycles. The Balaban J connectivity index is 3.84. The monoisotopic (exact) mass is 494 g/mol. The molecule has 3 nitrogen and oxygen atoms in total. The van der Waals surface area contributed by atoms with Crippen LogP contribution in [0.3, 0.4) is 0 Å². The second kappa shape index (κ2) is 7.70. The lowest BCUT2D eigenvalue weighted by atomic mass is 9.86. The first kappa shape index (κ1) is 27.8. The van der Waals surface area contributed by atoms with Gasteiger partial charge in [0.15, 0.2) is 0 Å². The third kappa shape index (κ3) is 4.48. The highest BCUT2D eigenvalue weighted by atomic mass is 19.4. The van der Waals surface area contributed by atoms with Gasteiger partial charge in [-0.1, -0.05) is 24.3 Å². The minimum absolute atomic E-state index is 0.394. The zero-order valence-corrected chi connectivity index (χ0v) is 16.1. The molecule has 32 heavy (non-hydrogen) atoms. The van der Waals surface area contributed by atoms with Crippen LogP contribution in [0.15, 0.2) is 24.3 Å². The fourth-order valence-electron chi connectivity index (χ4n) is 2.39. The summed E-state index contributed by atoms with van der Waals surface area (Å²) in [5, 5.41) is 9.24. The van der Waals surface area contributed by atoms with Gasteiger partial charge < -0.3 is 9.84 Å². The SMILES string of the molecule is CC(C)(C)C(=O)OC(c1ccc(C(O)(C(F)(F)F)C(F)(F)F)cc1)(C(F)(F)F)C(F)(F)F. The molecular formula is C17H14F12O3. The standard InChI is InChI=1S/C17H14F12O3/c1-11(2,3)10(30)32-13(16(24,25)26,17(27,28)29)9-6-4-8(5-7-9)12(31,14(18,19)20)15(21,22)23/h4-7,31H,1-3H3. The predicted molar refractivity (Wildman–Crippen MR) is 81.8 cm³/mol. The summed E-state index contributed by atoms with van der Waals surface area (Å²) in [6, 6.07) is -1.63. The Kier molecular flexibility index (Phi) is 6.70. The van der Waals surface area contributed by atoms with E-state index in [1.54, 1.807) is 0 Å². The number of hydrogen-bond acceptors (Lipinski definition) is 3. The van der Waals surface area contributed by atoms with Crippen LogP contribution in [0.1, 0.15) is 31.9 Å². The van der Waals surface area contributed by atoms with Crippen molar-refractivity contribution in [2.75, 3.05) is 0 Å². The van der Waals surface area contributed by atoms with Crippen molar-refractivity contribution in [3.05, 3.63) is 35.4 Å². The van der Waals surface area contributed by atoms with E-state index in [-0.39, 0.29) is 0 Å². The molecule has 1 N–H and O–H groups in total. The Hall–Kier alpha value is -2.19. The van der Waals surface area contributed by atoms with Crippen LogP contribution in [0.25, 0.3) is 0 Å². The van der Waals surface area contributed by atoms with Crippen LogP contribution in [-0.4, -0.2) is 35.8 Å². The van der Waals surface area contributed by atoms with Crippen LogP contribution < -0.4 is 0 Å². The molecule has 0 unspecified atom stereocenters. The predicted octanol–water partition coefficient (Wildman–Crippen LogP) is 5.91. The highest BCUT2D eigenvalue weighted by Gasteiger charge is 2.76. The molecule has 15 heteroatoms. The van der Waals surface area contributed by atoms with Crippen LogP contribution in [0, 0.1) is 5.41 Å². The lowest BCUT2D eigenvalue weighted by Crippen LogP contribution is -2.58. The smallest absolute Gasteiger partial charge is 0.434 e. The third-order valence-corrected chi connectivity index (χ3v) is 4.19. The Labute approximate surface area is 172 Å². The fourth-order valence-corrected chi connectivity index (χ4v) is 2.39. The van der Waals surface area contributed by atoms with Gasteiger partial charge in [0.05, 0.1) is 5.41 Å². The molecule has 0 aromatic heterocycles. The summed E-state index contributed by atoms with van der Waals surface area (Å²) < 4.78 is 163. The highest BCUT2D eigenvalue weighted by molar-refractivity contribution is 5.76. The minimum Gasteiger partial charge on any atom is -0.434 e. The van der Waals surface area contributed by atoms with Crippen LogP contribution in [0.2, 0.25) is 0 Å². The van der Waals surface area contributed by atoms with Crippen molar-refractivity contribution in [2.45, 2.75) is 56.7 Å². The second-order valence-corrected chi connectivity index (χ2v) is 7.60. The quantitative estimate of drug-likeness (QED) is 0.420. The number of rotatable bonds is 3. The van der Waals surface area contributed by atoms with Crippen molar-refractivity contribution in [3.63, 3.8) is 0 Å². The molecule has 0 fully saturated rings. The molecule has 0 aliphatic rings. The van der Waals surface area contributed by atoms with E-state index in [1.165, 1.54) is 0 Å². The number of ether oxygens (including phenoxy) is 1. The van der Waals surface area contributed by atoms with E-state index in [0.717, 1.165) is 20.8 Å². The first-order valence-electron chi connectivity index (χ1n) is 8.18. The maximum absolute atomic E-state index is 13.6. The maximum Gasteiger partial charge on any atom is 0.442 e. The van der Waals surface area contributed by atoms with Crippen molar-refractivity contribution < 1.29 is 67.3 Å². The van der Waals surface area contributed by atoms with Gasteiger partial charge >= 0.3 is 36.3 Å². The summed E-state index contributed by atoms with van der Waals surface area (Å²) in [7, 11) is 0. The highest BCUT2D eigenvalue weighted by Crippen LogP contribution is 2.55. The van der Waals surface area contributed by atoms with Gasteiger partial charge in [0.1, 0.15) is 0 Å². The average Bonchev–Trinajstić information content (AvgIpc) is 2.53. The molecule has 1 aromatic rings. The van der Waals surface area contributed by atoms with Crippen molar-refractivity contribution in [1.29, 1.82) is 0 Å². The van der Waals surface area contributed by atoms with Crippen molar-refractivity contribution in [3.8, 4) is 0 Å². The van der Waals surface area contributed by atoms with Gasteiger partial charge in [0.25, 0.3) is 5.60 Å². The topological polar surface area (TPSA) is 46.5 Å². The first-order valence-corrected chi connectivity index (χ1v) is 8.18. The van der Waals surface area contributed by atoms with Crippen LogP contribution in [0.5, 0.6) is 0 Å². The minimum atomic E-state index is -6.43. The number of esters is 1. The molecule has 0 aliphatic heterocycles. The molecule has 0 spiro atoms. The number of halogens is 12. The lowest BCUT2D eigenvalue weighted by Gasteiger charge is -2.39. The number of alkyl halides is 12. The number of aliphatic hydroxyl groups is 1. The normalized spacial score (nSPS) is 15.0. The van der Waals surface area contributed by atoms with Gasteiger partial charge in [-0.2, -0.15) is 52.7 Å². The van der Waals surface area contributed by atoms with Crippen LogP contribution >= 0.6 is 0 Å². The second-order valence-electron chi connectivity index (χ2n) is 7.60. The lowest BCUT2D eigenvalue weighted by molar-refractivity contribution is -0.380. The third-order valence-electron chi connectivity index (χ3n) is 4.19. The van der Waals surface area contributed by atoms with Gasteiger partial charge in [-0.05, 0) is 20.8 Å². The van der Waals surface area contributed by atoms with E-state index < -0.39 is 82.7 Å². The molecule has 0 saturated heterocycles. The Morgan fingerprint density at radius 2 is 0.969 bits per heavy atom. The molecule has 0 heterocycles. The zero-order chi connectivity index (χ0) is 25.8. The average molecular weight is 494 g/mol. The summed E-state index contributed by atoms with van der Waals surface area (Å²) in [4.78, 5) is 11.9. The maximum atomic E-state index is 13.6. The fraction of sp³-hybridized carbons (Fsp3) is 0.588. The van der Waals surface area contributed by atoms with Crippen molar-refractivity contribution in [2.24, 2.45) is 5.41 Å². The molecule has 0 radical (unpaired) electrons. The molecule has 0 atom stereocenters. The van der Waals surface area contributed by atoms with E-state index in [2.05, 4.69) is 4.74 Å². The Morgan fingerprint density at radius 1 is 0.656 bits per heavy atom. The van der Waals surface area contributed by atoms with Gasteiger partial charge in [0, 0.05) is 11.1 Å². The molecule has 184 valence electrons. The Morgan fingerprint density at radius 3 is 1.22 bits per heavy atom. The molecule has 1 rings (SSSR count). The zero-order valence-electron chi connectivity index (χ0n) is 16.1. The summed E-state index contributed by atoms with van der Waals surface area (Å²) >= 11 is 0. The van der Waals surface area contributed by atoms with E-state index in [0.29, 0.717) is 0 Å². The van der Waals surface area contributed by atoms with Gasteiger partial charge in [-0.15, -0.1) is 0 Å². The number of carbonyl (C=O) groups excluding carboxylic acids is 1. The summed E-state index contributed by atoms with van der Waals surface area (Å²) in [6.07, 6.45) is -25.7. The summed E-state index contributed by atoms with van der Waals surface area (Å²) in [5.41, 5.74) is -17.1. The molecule has 0 bridgehead atoms. The first-order chi connectivity index (χ1) is 13.8. The van der Waals surface area contributed by atoms with Gasteiger partial charge in [-0.3, -0.25) is 4.79 Å². The van der Waals surface area contributed by atoms with E-state index >= 15 is 0 Å². The number of hydrogen-bond donors (Lipinski definition) is 1. The van der Waals surface area contributed by atoms with Crippen molar-refractivity contribution >= 4 is 5.97 Å². The van der Waals surface area contributed by atoms with E-state index in [4.69, 9.17) is 0 Å². The van der Waals surface area contributed by atoms with Gasteiger partial charge in [0.2, 0.25) is 0 Å². The van der Waals surface area contributed by atoms with Crippen molar-refractivity contribution in [1.82, 2.24) is 0 Å². The molecule has 0 amide bonds. The molecule has 1 aromatic carbocycles. The summed E-state index contributed by atoms with van der Waals surface area (Å²) in [5.74, 6) is -2.02. The van der Waals surface area contributed by atoms with Crippen LogP contribution in [-0.2, 0) is 20.7 Å². The number of carbonyl (C=O) groups is 1. The summed E-state index contributed by atoms with van der Waals surface area (Å²) in [6.45, 7) is 2.72. The van der Waals surface area contributed by atoms with Crippen LogP contribution in [0.4, 0.5) is 52.7 Å². The Bertz CT molecular complexity index is 795. The van der Waals surface area contributed by atoms with Gasteiger partial charge in [-0.25, -0.2) is 0 Å². The largest absolute Gasteiger partial charge is 0.442 e. The van der Waals surface area contributed by atoms with E-state index in [9.17, 15) is 62.6 Å². The number of benzene rings is 1. The molecular weight excluding hydrogens is 480 g/mol. The van der Waals surface area contributed by atoms with E-state index in [1.807, 2.05) is 0 Å².